The fourth-order valence-corrected chi connectivity index (χ4v) is 2.40. The molecule has 2 aromatic carbocycles. The van der Waals surface area contributed by atoms with E-state index in [4.69, 9.17) is 4.74 Å². The number of ether oxygens (including phenoxy) is 1. The molecule has 3 nitrogen and oxygen atoms in total. The van der Waals surface area contributed by atoms with Gasteiger partial charge in [0.15, 0.2) is 0 Å². The first-order valence-electron chi connectivity index (χ1n) is 8.00. The monoisotopic (exact) mass is 324 g/mol. The highest BCUT2D eigenvalue weighted by Gasteiger charge is 2.23. The van der Waals surface area contributed by atoms with Gasteiger partial charge in [-0.05, 0) is 36.1 Å². The van der Waals surface area contributed by atoms with E-state index in [1.807, 2.05) is 76.2 Å². The highest BCUT2D eigenvalue weighted by atomic mass is 16.5. The second-order valence-electron chi connectivity index (χ2n) is 6.93. The van der Waals surface area contributed by atoms with Crippen molar-refractivity contribution in [3.63, 3.8) is 0 Å². The molecule has 0 saturated heterocycles. The van der Waals surface area contributed by atoms with Crippen molar-refractivity contribution < 1.29 is 14.6 Å². The number of benzene rings is 2. The normalized spacial score (nSPS) is 12.1. The zero-order valence-corrected chi connectivity index (χ0v) is 14.7. The van der Waals surface area contributed by atoms with Crippen LogP contribution >= 0.6 is 0 Å². The van der Waals surface area contributed by atoms with Crippen molar-refractivity contribution in [2.75, 3.05) is 0 Å². The molecule has 0 spiro atoms. The van der Waals surface area contributed by atoms with Crippen molar-refractivity contribution >= 4 is 12.0 Å². The van der Waals surface area contributed by atoms with Crippen LogP contribution in [0.5, 0.6) is 5.75 Å². The summed E-state index contributed by atoms with van der Waals surface area (Å²) in [6, 6.07) is 15.7. The van der Waals surface area contributed by atoms with Crippen LogP contribution in [0.15, 0.2) is 54.1 Å². The van der Waals surface area contributed by atoms with Crippen LogP contribution in [0, 0.1) is 12.3 Å². The van der Waals surface area contributed by atoms with Gasteiger partial charge in [-0.1, -0.05) is 62.7 Å². The lowest BCUT2D eigenvalue weighted by Crippen LogP contribution is -2.17. The van der Waals surface area contributed by atoms with Crippen LogP contribution < -0.4 is 4.74 Å². The molecule has 0 aromatic heterocycles. The van der Waals surface area contributed by atoms with E-state index >= 15 is 0 Å². The van der Waals surface area contributed by atoms with Gasteiger partial charge in [0.2, 0.25) is 0 Å². The number of rotatable bonds is 5. The molecule has 0 amide bonds. The van der Waals surface area contributed by atoms with Crippen molar-refractivity contribution in [2.45, 2.75) is 34.3 Å². The average molecular weight is 324 g/mol. The van der Waals surface area contributed by atoms with Crippen LogP contribution in [0.4, 0.5) is 0 Å². The molecular formula is C21H24O3. The Kier molecular flexibility index (Phi) is 5.45. The number of hydrogen-bond acceptors (Lipinski definition) is 2. The molecule has 126 valence electrons. The van der Waals surface area contributed by atoms with Crippen LogP contribution in [0.2, 0.25) is 0 Å². The summed E-state index contributed by atoms with van der Waals surface area (Å²) in [6.07, 6.45) is 1.72. The molecule has 0 heterocycles. The molecule has 0 aliphatic carbocycles. The largest absolute Gasteiger partial charge is 0.488 e. The molecule has 0 radical (unpaired) electrons. The first kappa shape index (κ1) is 17.8. The lowest BCUT2D eigenvalue weighted by Gasteiger charge is -2.20. The van der Waals surface area contributed by atoms with Gasteiger partial charge in [-0.3, -0.25) is 0 Å². The van der Waals surface area contributed by atoms with E-state index in [2.05, 4.69) is 0 Å². The van der Waals surface area contributed by atoms with Gasteiger partial charge in [0.25, 0.3) is 0 Å². The van der Waals surface area contributed by atoms with Crippen LogP contribution in [0.25, 0.3) is 6.08 Å². The topological polar surface area (TPSA) is 46.5 Å². The van der Waals surface area contributed by atoms with Crippen LogP contribution in [-0.2, 0) is 11.4 Å². The first-order valence-corrected chi connectivity index (χ1v) is 8.00. The minimum atomic E-state index is -0.905. The average Bonchev–Trinajstić information content (AvgIpc) is 2.51. The summed E-state index contributed by atoms with van der Waals surface area (Å²) in [5.74, 6) is -0.217. The SMILES string of the molecule is Cc1ccc(OCc2ccccc2)c(/C=C(/C(=O)O)C(C)(C)C)c1. The van der Waals surface area contributed by atoms with E-state index in [9.17, 15) is 9.90 Å². The molecule has 2 rings (SSSR count). The molecule has 0 atom stereocenters. The summed E-state index contributed by atoms with van der Waals surface area (Å²) in [5.41, 5.74) is 2.83. The fourth-order valence-electron chi connectivity index (χ4n) is 2.40. The van der Waals surface area contributed by atoms with Crippen molar-refractivity contribution in [1.29, 1.82) is 0 Å². The van der Waals surface area contributed by atoms with Gasteiger partial charge in [-0.15, -0.1) is 0 Å². The molecule has 1 N–H and O–H groups in total. The molecule has 0 aliphatic heterocycles. The number of carbonyl (C=O) groups is 1. The summed E-state index contributed by atoms with van der Waals surface area (Å²) in [5, 5.41) is 9.53. The number of hydrogen-bond donors (Lipinski definition) is 1. The Morgan fingerprint density at radius 1 is 1.12 bits per heavy atom. The Morgan fingerprint density at radius 2 is 1.79 bits per heavy atom. The lowest BCUT2D eigenvalue weighted by molar-refractivity contribution is -0.133. The summed E-state index contributed by atoms with van der Waals surface area (Å²) < 4.78 is 5.93. The van der Waals surface area contributed by atoms with Crippen molar-refractivity contribution in [1.82, 2.24) is 0 Å². The van der Waals surface area contributed by atoms with Gasteiger partial charge in [-0.25, -0.2) is 4.79 Å². The maximum absolute atomic E-state index is 11.6. The Morgan fingerprint density at radius 3 is 2.38 bits per heavy atom. The van der Waals surface area contributed by atoms with E-state index in [-0.39, 0.29) is 0 Å². The van der Waals surface area contributed by atoms with Gasteiger partial charge in [-0.2, -0.15) is 0 Å². The quantitative estimate of drug-likeness (QED) is 0.779. The molecule has 0 bridgehead atoms. The van der Waals surface area contributed by atoms with Gasteiger partial charge in [0, 0.05) is 11.1 Å². The third kappa shape index (κ3) is 4.72. The predicted octanol–water partition coefficient (Wildman–Crippen LogP) is 5.09. The van der Waals surface area contributed by atoms with Crippen LogP contribution in [0.1, 0.15) is 37.5 Å². The molecule has 0 fully saturated rings. The zero-order chi connectivity index (χ0) is 17.7. The maximum atomic E-state index is 11.6. The highest BCUT2D eigenvalue weighted by molar-refractivity contribution is 5.94. The summed E-state index contributed by atoms with van der Waals surface area (Å²) in [7, 11) is 0. The maximum Gasteiger partial charge on any atom is 0.332 e. The predicted molar refractivity (Wildman–Crippen MR) is 97.0 cm³/mol. The van der Waals surface area contributed by atoms with Gasteiger partial charge in [0.1, 0.15) is 12.4 Å². The van der Waals surface area contributed by atoms with Gasteiger partial charge >= 0.3 is 5.97 Å². The van der Waals surface area contributed by atoms with Crippen LogP contribution in [0.3, 0.4) is 0 Å². The van der Waals surface area contributed by atoms with E-state index in [0.29, 0.717) is 17.9 Å². The standard InChI is InChI=1S/C21H24O3/c1-15-10-11-19(24-14-16-8-6-5-7-9-16)17(12-15)13-18(20(22)23)21(2,3)4/h5-13H,14H2,1-4H3,(H,22,23)/b18-13-. The minimum Gasteiger partial charge on any atom is -0.488 e. The highest BCUT2D eigenvalue weighted by Crippen LogP contribution is 2.31. The summed E-state index contributed by atoms with van der Waals surface area (Å²) in [4.78, 5) is 11.6. The Balaban J connectivity index is 2.35. The van der Waals surface area contributed by atoms with Crippen molar-refractivity contribution in [3.8, 4) is 5.75 Å². The third-order valence-electron chi connectivity index (χ3n) is 3.74. The lowest BCUT2D eigenvalue weighted by atomic mass is 9.85. The van der Waals surface area contributed by atoms with E-state index in [0.717, 1.165) is 16.7 Å². The molecule has 2 aromatic rings. The number of aliphatic carboxylic acids is 1. The minimum absolute atomic E-state index is 0.359. The van der Waals surface area contributed by atoms with Crippen molar-refractivity contribution in [2.24, 2.45) is 5.41 Å². The zero-order valence-electron chi connectivity index (χ0n) is 14.7. The Labute approximate surface area is 143 Å². The molecule has 0 unspecified atom stereocenters. The second kappa shape index (κ2) is 7.35. The second-order valence-corrected chi connectivity index (χ2v) is 6.93. The Hall–Kier alpha value is -2.55. The van der Waals surface area contributed by atoms with Gasteiger partial charge < -0.3 is 9.84 Å². The van der Waals surface area contributed by atoms with Crippen molar-refractivity contribution in [3.05, 3.63) is 70.8 Å². The van der Waals surface area contributed by atoms with E-state index in [1.54, 1.807) is 6.08 Å². The van der Waals surface area contributed by atoms with Crippen LogP contribution in [-0.4, -0.2) is 11.1 Å². The summed E-state index contributed by atoms with van der Waals surface area (Å²) >= 11 is 0. The molecule has 0 saturated carbocycles. The fraction of sp³-hybridized carbons (Fsp3) is 0.286. The van der Waals surface area contributed by atoms with E-state index in [1.165, 1.54) is 0 Å². The molecule has 24 heavy (non-hydrogen) atoms. The smallest absolute Gasteiger partial charge is 0.332 e. The summed E-state index contributed by atoms with van der Waals surface area (Å²) in [6.45, 7) is 8.12. The molecule has 0 aliphatic rings. The number of aryl methyl sites for hydroxylation is 1. The first-order chi connectivity index (χ1) is 11.3. The number of carboxylic acids is 1. The van der Waals surface area contributed by atoms with Gasteiger partial charge in [0.05, 0.1) is 0 Å². The van der Waals surface area contributed by atoms with E-state index < -0.39 is 11.4 Å². The third-order valence-corrected chi connectivity index (χ3v) is 3.74. The molecule has 3 heteroatoms. The number of carboxylic acid groups (broad SMARTS) is 1. The Bertz CT molecular complexity index is 737. The molecular weight excluding hydrogens is 300 g/mol.